The van der Waals surface area contributed by atoms with E-state index in [0.29, 0.717) is 24.2 Å². The minimum atomic E-state index is -0.605. The van der Waals surface area contributed by atoms with E-state index >= 15 is 0 Å². The highest BCUT2D eigenvalue weighted by Gasteiger charge is 2.22. The summed E-state index contributed by atoms with van der Waals surface area (Å²) in [4.78, 5) is 14.7. The summed E-state index contributed by atoms with van der Waals surface area (Å²) in [5, 5.41) is 15.2. The van der Waals surface area contributed by atoms with Crippen molar-refractivity contribution in [1.82, 2.24) is 7.99 Å². The highest BCUT2D eigenvalue weighted by Crippen LogP contribution is 2.20. The fourth-order valence-electron chi connectivity index (χ4n) is 1.41. The van der Waals surface area contributed by atoms with Crippen molar-refractivity contribution in [3.05, 3.63) is 17.0 Å². The predicted octanol–water partition coefficient (Wildman–Crippen LogP) is -1.16. The van der Waals surface area contributed by atoms with E-state index in [1.165, 1.54) is 2.90 Å². The molecule has 1 aliphatic heterocycles. The topological polar surface area (TPSA) is 96.3 Å². The van der Waals surface area contributed by atoms with Gasteiger partial charge in [0, 0.05) is 18.0 Å². The third kappa shape index (κ3) is 1.27. The molecule has 0 spiro atoms. The van der Waals surface area contributed by atoms with Crippen LogP contribution in [0.4, 0.5) is 0 Å². The number of primary amides is 1. The lowest BCUT2D eigenvalue weighted by molar-refractivity contribution is -0.214. The first-order chi connectivity index (χ1) is 6.61. The Hall–Kier alpha value is -1.12. The Balaban J connectivity index is 2.65. The molecule has 2 heterocycles. The Morgan fingerprint density at radius 2 is 2.36 bits per heavy atom. The average Bonchev–Trinajstić information content (AvgIpc) is 2.45. The normalized spacial score (nSPS) is 14.8. The molecule has 2 rings (SSSR count). The van der Waals surface area contributed by atoms with Crippen molar-refractivity contribution in [2.45, 2.75) is 6.42 Å². The van der Waals surface area contributed by atoms with Crippen LogP contribution in [0.2, 0.25) is 0 Å². The molecule has 0 saturated carbocycles. The molecule has 0 radical (unpaired) electrons. The van der Waals surface area contributed by atoms with Gasteiger partial charge in [0.1, 0.15) is 0 Å². The Morgan fingerprint density at radius 1 is 1.64 bits per heavy atom. The number of carbonyl (C=O) groups is 1. The summed E-state index contributed by atoms with van der Waals surface area (Å²) in [5.41, 5.74) is 6.30. The van der Waals surface area contributed by atoms with E-state index in [0.717, 1.165) is 0 Å². The summed E-state index contributed by atoms with van der Waals surface area (Å²) in [6.07, 6.45) is 0.544. The van der Waals surface area contributed by atoms with Crippen molar-refractivity contribution < 1.29 is 9.90 Å². The number of nitrogens with zero attached hydrogens (tertiary/aromatic N) is 3. The van der Waals surface area contributed by atoms with E-state index in [1.807, 2.05) is 22.9 Å². The lowest BCUT2D eigenvalue weighted by Gasteiger charge is -2.16. The van der Waals surface area contributed by atoms with Crippen molar-refractivity contribution in [2.24, 2.45) is 10.7 Å². The van der Waals surface area contributed by atoms with Gasteiger partial charge in [0.15, 0.2) is 5.69 Å². The molecular weight excluding hydrogens is 299 g/mol. The summed E-state index contributed by atoms with van der Waals surface area (Å²) in [6, 6.07) is 0. The maximum absolute atomic E-state index is 11.4. The summed E-state index contributed by atoms with van der Waals surface area (Å²) < 4.78 is 1.33. The second kappa shape index (κ2) is 3.23. The number of hydrogen-bond donors (Lipinski definition) is 1. The van der Waals surface area contributed by atoms with Crippen LogP contribution < -0.4 is 10.8 Å². The molecule has 0 unspecified atom stereocenters. The fourth-order valence-corrected chi connectivity index (χ4v) is 2.12. The van der Waals surface area contributed by atoms with Gasteiger partial charge in [-0.2, -0.15) is 5.10 Å². The number of nitrogens with two attached hydrogens (primary N) is 1. The van der Waals surface area contributed by atoms with Crippen LogP contribution in [0, 0.1) is 0 Å². The van der Waals surface area contributed by atoms with Crippen LogP contribution >= 0.6 is 22.9 Å². The molecule has 0 aliphatic carbocycles. The van der Waals surface area contributed by atoms with Gasteiger partial charge in [0.2, 0.25) is 0 Å². The van der Waals surface area contributed by atoms with E-state index in [4.69, 9.17) is 5.73 Å². The second-order valence-electron chi connectivity index (χ2n) is 2.84. The number of hydrogen-bond acceptors (Lipinski definition) is 4. The standard InChI is InChI=1S/C7H7IN4O2/c8-12-5-3(1-2-10-7(5)14)4(11-12)6(9)13/h1-2H2,(H2,9,13)(H,10,14)/p-1. The second-order valence-corrected chi connectivity index (χ2v) is 3.75. The van der Waals surface area contributed by atoms with Gasteiger partial charge in [-0.25, -0.2) is 2.90 Å². The highest BCUT2D eigenvalue weighted by atomic mass is 127. The van der Waals surface area contributed by atoms with Crippen LogP contribution in [-0.2, 0) is 6.42 Å². The molecule has 2 N–H and O–H groups in total. The molecule has 6 nitrogen and oxygen atoms in total. The van der Waals surface area contributed by atoms with Crippen molar-refractivity contribution in [3.63, 3.8) is 0 Å². The molecule has 1 amide bonds. The fraction of sp³-hybridized carbons (Fsp3) is 0.286. The Bertz CT molecular complexity index is 437. The zero-order valence-corrected chi connectivity index (χ0v) is 9.19. The monoisotopic (exact) mass is 305 g/mol. The Kier molecular flexibility index (Phi) is 2.17. The van der Waals surface area contributed by atoms with Gasteiger partial charge in [0.05, 0.1) is 28.6 Å². The number of amides is 1. The number of rotatable bonds is 1. The molecule has 0 bridgehead atoms. The quantitative estimate of drug-likeness (QED) is 0.663. The lowest BCUT2D eigenvalue weighted by atomic mass is 10.1. The maximum Gasteiger partial charge on any atom is 0.269 e. The van der Waals surface area contributed by atoms with Crippen LogP contribution in [0.25, 0.3) is 0 Å². The first kappa shape index (κ1) is 9.44. The third-order valence-corrected chi connectivity index (χ3v) is 2.70. The van der Waals surface area contributed by atoms with E-state index < -0.39 is 5.91 Å². The molecule has 1 aromatic heterocycles. The molecule has 0 atom stereocenters. The van der Waals surface area contributed by atoms with Gasteiger partial charge < -0.3 is 10.8 Å². The van der Waals surface area contributed by atoms with Gasteiger partial charge in [-0.3, -0.25) is 9.79 Å². The molecule has 7 heteroatoms. The predicted molar refractivity (Wildman–Crippen MR) is 55.3 cm³/mol. The summed E-state index contributed by atoms with van der Waals surface area (Å²) >= 11 is 1.83. The SMILES string of the molecule is NC(=O)c1nn(I)c2c1CCN=C2[O-]. The zero-order valence-electron chi connectivity index (χ0n) is 7.03. The Labute approximate surface area is 93.3 Å². The molecule has 0 saturated heterocycles. The summed E-state index contributed by atoms with van der Waals surface area (Å²) in [7, 11) is 0. The first-order valence-corrected chi connectivity index (χ1v) is 4.87. The molecule has 0 fully saturated rings. The largest absolute Gasteiger partial charge is 0.857 e. The lowest BCUT2D eigenvalue weighted by Crippen LogP contribution is -2.26. The minimum absolute atomic E-state index is 0.178. The average molecular weight is 305 g/mol. The molecule has 14 heavy (non-hydrogen) atoms. The van der Waals surface area contributed by atoms with E-state index in [-0.39, 0.29) is 11.6 Å². The Morgan fingerprint density at radius 3 is 3.00 bits per heavy atom. The van der Waals surface area contributed by atoms with Gasteiger partial charge in [-0.1, -0.05) is 0 Å². The van der Waals surface area contributed by atoms with Crippen LogP contribution in [0.1, 0.15) is 21.7 Å². The zero-order chi connectivity index (χ0) is 10.3. The number of carbonyl (C=O) groups excluding carboxylic acids is 1. The highest BCUT2D eigenvalue weighted by molar-refractivity contribution is 14.1. The molecule has 0 aromatic carbocycles. The van der Waals surface area contributed by atoms with Gasteiger partial charge in [-0.05, 0) is 6.42 Å². The molecule has 74 valence electrons. The van der Waals surface area contributed by atoms with E-state index in [9.17, 15) is 9.90 Å². The van der Waals surface area contributed by atoms with E-state index in [1.54, 1.807) is 0 Å². The van der Waals surface area contributed by atoms with Gasteiger partial charge >= 0.3 is 0 Å². The van der Waals surface area contributed by atoms with Gasteiger partial charge in [0.25, 0.3) is 5.91 Å². The van der Waals surface area contributed by atoms with Crippen LogP contribution in [0.15, 0.2) is 4.99 Å². The number of aliphatic imine (C=N–C) groups is 1. The van der Waals surface area contributed by atoms with Crippen molar-refractivity contribution >= 4 is 34.7 Å². The first-order valence-electron chi connectivity index (χ1n) is 3.91. The van der Waals surface area contributed by atoms with Crippen LogP contribution in [0.5, 0.6) is 0 Å². The van der Waals surface area contributed by atoms with Crippen molar-refractivity contribution in [2.75, 3.05) is 6.54 Å². The summed E-state index contributed by atoms with van der Waals surface area (Å²) in [5.74, 6) is -0.938. The summed E-state index contributed by atoms with van der Waals surface area (Å²) in [6.45, 7) is 0.397. The van der Waals surface area contributed by atoms with Crippen molar-refractivity contribution in [1.29, 1.82) is 0 Å². The third-order valence-electron chi connectivity index (χ3n) is 2.00. The molecule has 1 aliphatic rings. The number of aromatic nitrogens is 2. The van der Waals surface area contributed by atoms with Gasteiger partial charge in [-0.15, -0.1) is 0 Å². The smallest absolute Gasteiger partial charge is 0.269 e. The molecular formula is C7H6IN4O2-. The molecule has 1 aromatic rings. The van der Waals surface area contributed by atoms with Crippen LogP contribution in [0.3, 0.4) is 0 Å². The maximum atomic E-state index is 11.4. The van der Waals surface area contributed by atoms with Crippen molar-refractivity contribution in [3.8, 4) is 0 Å². The number of halogens is 1. The minimum Gasteiger partial charge on any atom is -0.857 e. The van der Waals surface area contributed by atoms with Crippen LogP contribution in [-0.4, -0.2) is 26.3 Å². The van der Waals surface area contributed by atoms with E-state index in [2.05, 4.69) is 10.1 Å². The number of fused-ring (bicyclic) bond motifs is 1.